The molecule has 1 amide bonds. The fourth-order valence-electron chi connectivity index (χ4n) is 3.43. The number of nitrogens with zero attached hydrogens (tertiary/aromatic N) is 2. The number of thiophene rings is 1. The van der Waals surface area contributed by atoms with Crippen LogP contribution in [0.4, 0.5) is 0 Å². The van der Waals surface area contributed by atoms with E-state index in [0.717, 1.165) is 16.9 Å². The summed E-state index contributed by atoms with van der Waals surface area (Å²) in [6, 6.07) is 11.6. The van der Waals surface area contributed by atoms with Crippen LogP contribution in [0.2, 0.25) is 0 Å². The Labute approximate surface area is 175 Å². The maximum atomic E-state index is 12.9. The van der Waals surface area contributed by atoms with Crippen LogP contribution in [-0.2, 0) is 21.4 Å². The van der Waals surface area contributed by atoms with Crippen LogP contribution in [0.5, 0.6) is 0 Å². The summed E-state index contributed by atoms with van der Waals surface area (Å²) >= 11 is 2.97. The van der Waals surface area contributed by atoms with E-state index < -0.39 is 10.0 Å². The monoisotopic (exact) mass is 438 g/mol. The van der Waals surface area contributed by atoms with Crippen LogP contribution in [0, 0.1) is 12.8 Å². The topological polar surface area (TPSA) is 57.7 Å². The first-order valence-electron chi connectivity index (χ1n) is 9.26. The van der Waals surface area contributed by atoms with Crippen molar-refractivity contribution in [1.82, 2.24) is 9.21 Å². The van der Waals surface area contributed by atoms with Gasteiger partial charge in [0.15, 0.2) is 0 Å². The molecule has 1 fully saturated rings. The van der Waals surface area contributed by atoms with E-state index in [9.17, 15) is 13.2 Å². The zero-order valence-corrected chi connectivity index (χ0v) is 18.9. The Morgan fingerprint density at radius 1 is 1.25 bits per heavy atom. The van der Waals surface area contributed by atoms with Gasteiger partial charge in [0.2, 0.25) is 5.91 Å². The third-order valence-corrected chi connectivity index (χ3v) is 9.08. The highest BCUT2D eigenvalue weighted by atomic mass is 32.2. The summed E-state index contributed by atoms with van der Waals surface area (Å²) in [6.07, 6.45) is 3.46. The van der Waals surface area contributed by atoms with Gasteiger partial charge in [-0.15, -0.1) is 23.1 Å². The number of aryl methyl sites for hydroxylation is 1. The number of piperidine rings is 1. The highest BCUT2D eigenvalue weighted by Crippen LogP contribution is 2.29. The Hall–Kier alpha value is -1.35. The lowest BCUT2D eigenvalue weighted by Gasteiger charge is -2.33. The zero-order valence-electron chi connectivity index (χ0n) is 16.4. The fourth-order valence-corrected chi connectivity index (χ4v) is 6.80. The summed E-state index contributed by atoms with van der Waals surface area (Å²) in [5, 5.41) is 0. The summed E-state index contributed by atoms with van der Waals surface area (Å²) in [6.45, 7) is 3.16. The van der Waals surface area contributed by atoms with Crippen LogP contribution in [-0.4, -0.2) is 49.9 Å². The largest absolute Gasteiger partial charge is 0.341 e. The van der Waals surface area contributed by atoms with Gasteiger partial charge in [-0.05, 0) is 55.9 Å². The van der Waals surface area contributed by atoms with Crippen molar-refractivity contribution in [2.24, 2.45) is 5.92 Å². The molecular weight excluding hydrogens is 412 g/mol. The molecule has 0 saturated carbocycles. The van der Waals surface area contributed by atoms with E-state index in [2.05, 4.69) is 12.1 Å². The fraction of sp³-hybridized carbons (Fsp3) is 0.450. The summed E-state index contributed by atoms with van der Waals surface area (Å²) in [4.78, 5) is 16.8. The van der Waals surface area contributed by atoms with Gasteiger partial charge in [0, 0.05) is 36.5 Å². The van der Waals surface area contributed by atoms with Gasteiger partial charge in [-0.1, -0.05) is 12.1 Å². The number of sulfonamides is 1. The molecule has 0 radical (unpaired) electrons. The number of thioether (sulfide) groups is 1. The first-order valence-corrected chi connectivity index (χ1v) is 12.7. The van der Waals surface area contributed by atoms with Gasteiger partial charge in [0.1, 0.15) is 4.21 Å². The molecule has 1 aliphatic rings. The number of rotatable bonds is 6. The molecule has 0 spiro atoms. The van der Waals surface area contributed by atoms with Crippen LogP contribution < -0.4 is 0 Å². The molecule has 1 saturated heterocycles. The average molecular weight is 439 g/mol. The van der Waals surface area contributed by atoms with Crippen molar-refractivity contribution in [2.75, 3.05) is 26.4 Å². The lowest BCUT2D eigenvalue weighted by Crippen LogP contribution is -2.45. The van der Waals surface area contributed by atoms with Crippen LogP contribution in [0.1, 0.15) is 23.3 Å². The molecular formula is C20H26N2O3S3. The predicted octanol–water partition coefficient (Wildman–Crippen LogP) is 3.84. The summed E-state index contributed by atoms with van der Waals surface area (Å²) < 4.78 is 27.6. The number of amides is 1. The smallest absolute Gasteiger partial charge is 0.252 e. The van der Waals surface area contributed by atoms with Gasteiger partial charge in [0.25, 0.3) is 10.0 Å². The van der Waals surface area contributed by atoms with Crippen LogP contribution >= 0.6 is 23.1 Å². The van der Waals surface area contributed by atoms with Crippen molar-refractivity contribution in [3.05, 3.63) is 46.8 Å². The first kappa shape index (κ1) is 21.4. The first-order chi connectivity index (χ1) is 13.3. The van der Waals surface area contributed by atoms with Crippen LogP contribution in [0.25, 0.3) is 0 Å². The maximum absolute atomic E-state index is 12.9. The predicted molar refractivity (Wildman–Crippen MR) is 115 cm³/mol. The second kappa shape index (κ2) is 8.98. The number of benzene rings is 1. The van der Waals surface area contributed by atoms with E-state index >= 15 is 0 Å². The SMILES string of the molecule is CSc1ccc(CN(C)C(=O)C2CCCN(S(=O)(=O)c3ccc(C)s3)C2)cc1. The summed E-state index contributed by atoms with van der Waals surface area (Å²) in [7, 11) is -1.73. The van der Waals surface area contributed by atoms with Crippen molar-refractivity contribution in [3.63, 3.8) is 0 Å². The van der Waals surface area contributed by atoms with Gasteiger partial charge in [-0.2, -0.15) is 4.31 Å². The highest BCUT2D eigenvalue weighted by molar-refractivity contribution is 7.98. The van der Waals surface area contributed by atoms with Gasteiger partial charge in [0.05, 0.1) is 5.92 Å². The van der Waals surface area contributed by atoms with Gasteiger partial charge < -0.3 is 4.90 Å². The molecule has 1 atom stereocenters. The number of carbonyl (C=O) groups is 1. The number of hydrogen-bond donors (Lipinski definition) is 0. The Morgan fingerprint density at radius 3 is 2.57 bits per heavy atom. The number of hydrogen-bond acceptors (Lipinski definition) is 5. The van der Waals surface area contributed by atoms with E-state index in [4.69, 9.17) is 0 Å². The van der Waals surface area contributed by atoms with E-state index in [1.54, 1.807) is 29.8 Å². The molecule has 0 aliphatic carbocycles. The van der Waals surface area contributed by atoms with E-state index in [-0.39, 0.29) is 18.4 Å². The molecule has 0 N–H and O–H groups in total. The van der Waals surface area contributed by atoms with Gasteiger partial charge in [-0.3, -0.25) is 4.79 Å². The van der Waals surface area contributed by atoms with Gasteiger partial charge in [-0.25, -0.2) is 8.42 Å². The van der Waals surface area contributed by atoms with Crippen molar-refractivity contribution >= 4 is 39.0 Å². The minimum absolute atomic E-state index is 0.0104. The van der Waals surface area contributed by atoms with Crippen molar-refractivity contribution in [2.45, 2.75) is 35.4 Å². The second-order valence-electron chi connectivity index (χ2n) is 7.11. The summed E-state index contributed by atoms with van der Waals surface area (Å²) in [5.41, 5.74) is 1.07. The normalized spacial score (nSPS) is 18.2. The molecule has 1 unspecified atom stereocenters. The Balaban J connectivity index is 1.66. The molecule has 2 aromatic rings. The quantitative estimate of drug-likeness (QED) is 0.643. The van der Waals surface area contributed by atoms with Crippen LogP contribution in [0.3, 0.4) is 0 Å². The molecule has 1 aromatic carbocycles. The molecule has 0 bridgehead atoms. The minimum Gasteiger partial charge on any atom is -0.341 e. The number of carbonyl (C=O) groups excluding carboxylic acids is 1. The molecule has 1 aromatic heterocycles. The molecule has 3 rings (SSSR count). The Morgan fingerprint density at radius 2 is 1.96 bits per heavy atom. The lowest BCUT2D eigenvalue weighted by atomic mass is 9.98. The maximum Gasteiger partial charge on any atom is 0.252 e. The van der Waals surface area contributed by atoms with Crippen molar-refractivity contribution in [1.29, 1.82) is 0 Å². The zero-order chi connectivity index (χ0) is 20.3. The third-order valence-electron chi connectivity index (χ3n) is 5.00. The Bertz CT molecular complexity index is 922. The van der Waals surface area contributed by atoms with Gasteiger partial charge >= 0.3 is 0 Å². The Kier molecular flexibility index (Phi) is 6.85. The second-order valence-corrected chi connectivity index (χ2v) is 11.4. The van der Waals surface area contributed by atoms with Crippen molar-refractivity contribution < 1.29 is 13.2 Å². The lowest BCUT2D eigenvalue weighted by molar-refractivity contribution is -0.135. The molecule has 8 heteroatoms. The van der Waals surface area contributed by atoms with Crippen molar-refractivity contribution in [3.8, 4) is 0 Å². The van der Waals surface area contributed by atoms with E-state index in [1.165, 1.54) is 20.5 Å². The molecule has 1 aliphatic heterocycles. The van der Waals surface area contributed by atoms with E-state index in [1.807, 2.05) is 31.4 Å². The molecule has 28 heavy (non-hydrogen) atoms. The average Bonchev–Trinajstić information content (AvgIpc) is 3.15. The molecule has 5 nitrogen and oxygen atoms in total. The van der Waals surface area contributed by atoms with Crippen LogP contribution in [0.15, 0.2) is 45.5 Å². The summed E-state index contributed by atoms with van der Waals surface area (Å²) in [5.74, 6) is -0.281. The minimum atomic E-state index is -3.52. The molecule has 2 heterocycles. The third kappa shape index (κ3) is 4.79. The van der Waals surface area contributed by atoms with E-state index in [0.29, 0.717) is 23.7 Å². The highest BCUT2D eigenvalue weighted by Gasteiger charge is 2.35. The molecule has 152 valence electrons. The standard InChI is InChI=1S/C20H26N2O3S3/c1-15-6-11-19(27-15)28(24,25)22-12-4-5-17(14-22)20(23)21(2)13-16-7-9-18(26-3)10-8-16/h6-11,17H,4-5,12-14H2,1-3H3.